The molecule has 3 nitrogen and oxygen atoms in total. The molecule has 0 radical (unpaired) electrons. The zero-order valence-corrected chi connectivity index (χ0v) is 14.0. The van der Waals surface area contributed by atoms with Crippen molar-refractivity contribution >= 4 is 11.7 Å². The number of fused-ring (bicyclic) bond motifs is 3. The maximum Gasteiger partial charge on any atom is 0.338 e. The Hall–Kier alpha value is -2.55. The van der Waals surface area contributed by atoms with Crippen LogP contribution in [0.4, 0.5) is 5.69 Å². The fourth-order valence-electron chi connectivity index (χ4n) is 4.14. The molecule has 2 aromatic rings. The average molecular weight is 319 g/mol. The second-order valence-corrected chi connectivity index (χ2v) is 6.58. The van der Waals surface area contributed by atoms with Crippen molar-refractivity contribution in [3.05, 3.63) is 76.9 Å². The van der Waals surface area contributed by atoms with Gasteiger partial charge in [0.1, 0.15) is 0 Å². The van der Waals surface area contributed by atoms with Gasteiger partial charge in [0, 0.05) is 11.6 Å². The summed E-state index contributed by atoms with van der Waals surface area (Å²) in [7, 11) is 1.43. The maximum absolute atomic E-state index is 12.0. The number of esters is 1. The number of hydrogen-bond acceptors (Lipinski definition) is 3. The molecule has 24 heavy (non-hydrogen) atoms. The van der Waals surface area contributed by atoms with Crippen molar-refractivity contribution in [3.8, 4) is 0 Å². The first-order chi connectivity index (χ1) is 11.7. The van der Waals surface area contributed by atoms with E-state index in [4.69, 9.17) is 4.74 Å². The van der Waals surface area contributed by atoms with Crippen LogP contribution in [0.15, 0.2) is 54.6 Å². The molecule has 0 aromatic heterocycles. The SMILES string of the molecule is COC(=O)c1ccc2c(c1C)N[C@H](c1ccccc1)[C@@H]1CC=C[C@@H]21. The Morgan fingerprint density at radius 2 is 1.96 bits per heavy atom. The molecule has 1 aliphatic heterocycles. The number of anilines is 1. The van der Waals surface area contributed by atoms with Crippen LogP contribution >= 0.6 is 0 Å². The van der Waals surface area contributed by atoms with E-state index in [1.165, 1.54) is 18.2 Å². The summed E-state index contributed by atoms with van der Waals surface area (Å²) in [6.45, 7) is 2.00. The minimum atomic E-state index is -0.280. The molecule has 2 aromatic carbocycles. The first-order valence-electron chi connectivity index (χ1n) is 8.40. The Morgan fingerprint density at radius 1 is 1.17 bits per heavy atom. The number of ether oxygens (including phenoxy) is 1. The van der Waals surface area contributed by atoms with Gasteiger partial charge in [-0.2, -0.15) is 0 Å². The molecule has 2 aliphatic rings. The molecule has 3 heteroatoms. The third-order valence-electron chi connectivity index (χ3n) is 5.36. The zero-order chi connectivity index (χ0) is 16.7. The van der Waals surface area contributed by atoms with Crippen molar-refractivity contribution in [2.75, 3.05) is 12.4 Å². The standard InChI is InChI=1S/C21H21NO2/c1-13-15(21(23)24-2)11-12-18-16-9-6-10-17(16)20(22-19(13)18)14-7-4-3-5-8-14/h3-9,11-12,16-17,20,22H,10H2,1-2H3/t16-,17-,20-/m1/s1. The molecule has 0 unspecified atom stereocenters. The third-order valence-corrected chi connectivity index (χ3v) is 5.36. The van der Waals surface area contributed by atoms with Crippen LogP contribution in [-0.2, 0) is 4.74 Å². The van der Waals surface area contributed by atoms with E-state index in [-0.39, 0.29) is 12.0 Å². The van der Waals surface area contributed by atoms with Crippen molar-refractivity contribution in [1.29, 1.82) is 0 Å². The minimum Gasteiger partial charge on any atom is -0.465 e. The minimum absolute atomic E-state index is 0.255. The summed E-state index contributed by atoms with van der Waals surface area (Å²) in [5, 5.41) is 3.72. The van der Waals surface area contributed by atoms with Crippen LogP contribution in [0.1, 0.15) is 45.4 Å². The van der Waals surface area contributed by atoms with E-state index in [0.29, 0.717) is 17.4 Å². The predicted octanol–water partition coefficient (Wildman–Crippen LogP) is 4.61. The van der Waals surface area contributed by atoms with Crippen LogP contribution in [0.3, 0.4) is 0 Å². The molecule has 0 saturated heterocycles. The number of rotatable bonds is 2. The second kappa shape index (κ2) is 5.82. The highest BCUT2D eigenvalue weighted by molar-refractivity contribution is 5.93. The molecule has 1 heterocycles. The lowest BCUT2D eigenvalue weighted by atomic mass is 9.76. The van der Waals surface area contributed by atoms with Gasteiger partial charge in [-0.1, -0.05) is 48.6 Å². The van der Waals surface area contributed by atoms with Gasteiger partial charge in [0.05, 0.1) is 18.7 Å². The Balaban J connectivity index is 1.83. The molecule has 1 N–H and O–H groups in total. The van der Waals surface area contributed by atoms with E-state index >= 15 is 0 Å². The van der Waals surface area contributed by atoms with Gasteiger partial charge >= 0.3 is 5.97 Å². The smallest absolute Gasteiger partial charge is 0.338 e. The van der Waals surface area contributed by atoms with Gasteiger partial charge in [0.15, 0.2) is 0 Å². The van der Waals surface area contributed by atoms with E-state index in [0.717, 1.165) is 17.7 Å². The summed E-state index contributed by atoms with van der Waals surface area (Å²) >= 11 is 0. The Bertz CT molecular complexity index is 810. The molecule has 122 valence electrons. The van der Waals surface area contributed by atoms with E-state index in [2.05, 4.69) is 47.8 Å². The number of benzene rings is 2. The topological polar surface area (TPSA) is 38.3 Å². The molecule has 1 aliphatic carbocycles. The quantitative estimate of drug-likeness (QED) is 0.649. The summed E-state index contributed by atoms with van der Waals surface area (Å²) in [5.41, 5.74) is 5.27. The van der Waals surface area contributed by atoms with Crippen LogP contribution in [0.5, 0.6) is 0 Å². The molecular weight excluding hydrogens is 298 g/mol. The Kier molecular flexibility index (Phi) is 3.64. The highest BCUT2D eigenvalue weighted by Gasteiger charge is 2.38. The third kappa shape index (κ3) is 2.23. The maximum atomic E-state index is 12.0. The molecular formula is C21H21NO2. The van der Waals surface area contributed by atoms with Crippen molar-refractivity contribution in [3.63, 3.8) is 0 Å². The van der Waals surface area contributed by atoms with Gasteiger partial charge in [-0.3, -0.25) is 0 Å². The van der Waals surface area contributed by atoms with Gasteiger partial charge in [-0.15, -0.1) is 0 Å². The van der Waals surface area contributed by atoms with Gasteiger partial charge < -0.3 is 10.1 Å². The highest BCUT2D eigenvalue weighted by atomic mass is 16.5. The normalized spacial score (nSPS) is 24.0. The molecule has 0 saturated carbocycles. The molecule has 3 atom stereocenters. The monoisotopic (exact) mass is 319 g/mol. The first-order valence-corrected chi connectivity index (χ1v) is 8.40. The van der Waals surface area contributed by atoms with Crippen LogP contribution in [0.2, 0.25) is 0 Å². The number of hydrogen-bond donors (Lipinski definition) is 1. The van der Waals surface area contributed by atoms with Crippen LogP contribution in [-0.4, -0.2) is 13.1 Å². The summed E-state index contributed by atoms with van der Waals surface area (Å²) in [4.78, 5) is 12.0. The molecule has 4 rings (SSSR count). The second-order valence-electron chi connectivity index (χ2n) is 6.58. The van der Waals surface area contributed by atoms with E-state index in [9.17, 15) is 4.79 Å². The van der Waals surface area contributed by atoms with E-state index < -0.39 is 0 Å². The number of allylic oxidation sites excluding steroid dienone is 2. The molecule has 0 bridgehead atoms. The lowest BCUT2D eigenvalue weighted by Gasteiger charge is -2.38. The number of methoxy groups -OCH3 is 1. The van der Waals surface area contributed by atoms with Crippen LogP contribution in [0.25, 0.3) is 0 Å². The number of nitrogens with one attached hydrogen (secondary N) is 1. The van der Waals surface area contributed by atoms with Crippen molar-refractivity contribution in [2.24, 2.45) is 5.92 Å². The fourth-order valence-corrected chi connectivity index (χ4v) is 4.14. The number of carbonyl (C=O) groups is 1. The summed E-state index contributed by atoms with van der Waals surface area (Å²) in [6, 6.07) is 14.8. The van der Waals surface area contributed by atoms with Gasteiger partial charge in [-0.05, 0) is 42.0 Å². The molecule has 0 fully saturated rings. The zero-order valence-electron chi connectivity index (χ0n) is 14.0. The van der Waals surface area contributed by atoms with Crippen molar-refractivity contribution < 1.29 is 9.53 Å². The fraction of sp³-hybridized carbons (Fsp3) is 0.286. The number of carbonyl (C=O) groups excluding carboxylic acids is 1. The first kappa shape index (κ1) is 15.0. The molecule has 0 amide bonds. The summed E-state index contributed by atoms with van der Waals surface area (Å²) in [5.74, 6) is 0.637. The van der Waals surface area contributed by atoms with Crippen LogP contribution in [0, 0.1) is 12.8 Å². The van der Waals surface area contributed by atoms with Crippen LogP contribution < -0.4 is 5.32 Å². The van der Waals surface area contributed by atoms with E-state index in [1.54, 1.807) is 0 Å². The summed E-state index contributed by atoms with van der Waals surface area (Å²) in [6.07, 6.45) is 5.68. The highest BCUT2D eigenvalue weighted by Crippen LogP contribution is 2.50. The van der Waals surface area contributed by atoms with E-state index in [1.807, 2.05) is 19.1 Å². The lowest BCUT2D eigenvalue weighted by molar-refractivity contribution is 0.0600. The average Bonchev–Trinajstić information content (AvgIpc) is 3.11. The Labute approximate surface area is 142 Å². The van der Waals surface area contributed by atoms with Gasteiger partial charge in [0.2, 0.25) is 0 Å². The van der Waals surface area contributed by atoms with Gasteiger partial charge in [0.25, 0.3) is 0 Å². The Morgan fingerprint density at radius 3 is 2.71 bits per heavy atom. The lowest BCUT2D eigenvalue weighted by Crippen LogP contribution is -2.30. The summed E-state index contributed by atoms with van der Waals surface area (Å²) < 4.78 is 4.93. The largest absolute Gasteiger partial charge is 0.465 e. The predicted molar refractivity (Wildman–Crippen MR) is 95.3 cm³/mol. The van der Waals surface area contributed by atoms with Crippen molar-refractivity contribution in [2.45, 2.75) is 25.3 Å². The molecule has 0 spiro atoms. The van der Waals surface area contributed by atoms with Gasteiger partial charge in [-0.25, -0.2) is 4.79 Å². The van der Waals surface area contributed by atoms with Crippen molar-refractivity contribution in [1.82, 2.24) is 0 Å².